The van der Waals surface area contributed by atoms with Crippen molar-refractivity contribution in [3.8, 4) is 0 Å². The smallest absolute Gasteiger partial charge is 0.327 e. The Labute approximate surface area is 75.9 Å². The average molecular weight is 194 g/mol. The summed E-state index contributed by atoms with van der Waals surface area (Å²) in [5.41, 5.74) is 0. The Morgan fingerprint density at radius 3 is 1.83 bits per heavy atom. The van der Waals surface area contributed by atoms with E-state index in [1.807, 2.05) is 0 Å². The van der Waals surface area contributed by atoms with Crippen molar-refractivity contribution in [2.24, 2.45) is 0 Å². The van der Waals surface area contributed by atoms with Gasteiger partial charge in [0.2, 0.25) is 0 Å². The van der Waals surface area contributed by atoms with Crippen molar-refractivity contribution in [1.82, 2.24) is 0 Å². The topological polar surface area (TPSA) is 77.8 Å². The lowest BCUT2D eigenvalue weighted by Gasteiger charge is -1.90. The molecular weight excluding hydrogens is 180 g/mol. The van der Waals surface area contributed by atoms with Gasteiger partial charge in [0.1, 0.15) is 0 Å². The molecule has 0 fully saturated rings. The quantitative estimate of drug-likeness (QED) is 0.423. The molecule has 0 aromatic carbocycles. The highest BCUT2D eigenvalue weighted by Crippen LogP contribution is 1.94. The zero-order valence-electron chi connectivity index (χ0n) is 6.77. The van der Waals surface area contributed by atoms with Crippen LogP contribution < -0.4 is 0 Å². The number of carbonyl (C=O) groups is 1. The van der Waals surface area contributed by atoms with E-state index in [2.05, 4.69) is 6.58 Å². The van der Waals surface area contributed by atoms with Gasteiger partial charge in [-0.25, -0.2) is 4.79 Å². The van der Waals surface area contributed by atoms with Crippen molar-refractivity contribution >= 4 is 17.7 Å². The molecule has 0 bridgehead atoms. The van der Waals surface area contributed by atoms with Gasteiger partial charge < -0.3 is 15.3 Å². The van der Waals surface area contributed by atoms with Crippen LogP contribution in [0.4, 0.5) is 0 Å². The van der Waals surface area contributed by atoms with Gasteiger partial charge in [-0.2, -0.15) is 11.8 Å². The minimum Gasteiger partial charge on any atom is -0.478 e. The summed E-state index contributed by atoms with van der Waals surface area (Å²) in [5, 5.41) is 24.0. The number of hydrogen-bond donors (Lipinski definition) is 3. The SMILES string of the molecule is C=CC(=O)O.OCCSCCO. The molecule has 0 amide bonds. The van der Waals surface area contributed by atoms with Gasteiger partial charge in [-0.15, -0.1) is 0 Å². The third-order valence-corrected chi connectivity index (χ3v) is 1.59. The molecule has 0 aromatic heterocycles. The minimum absolute atomic E-state index is 0.213. The second-order valence-electron chi connectivity index (χ2n) is 1.60. The fourth-order valence-corrected chi connectivity index (χ4v) is 0.693. The summed E-state index contributed by atoms with van der Waals surface area (Å²) in [6, 6.07) is 0. The summed E-state index contributed by atoms with van der Waals surface area (Å²) in [6.07, 6.45) is 0.833. The van der Waals surface area contributed by atoms with Gasteiger partial charge in [-0.1, -0.05) is 6.58 Å². The fourth-order valence-electron chi connectivity index (χ4n) is 0.231. The molecule has 0 atom stereocenters. The lowest BCUT2D eigenvalue weighted by Crippen LogP contribution is -1.91. The van der Waals surface area contributed by atoms with E-state index in [-0.39, 0.29) is 13.2 Å². The van der Waals surface area contributed by atoms with Crippen molar-refractivity contribution in [1.29, 1.82) is 0 Å². The van der Waals surface area contributed by atoms with Gasteiger partial charge >= 0.3 is 5.97 Å². The third kappa shape index (κ3) is 22.7. The number of aliphatic hydroxyl groups excluding tert-OH is 2. The van der Waals surface area contributed by atoms with E-state index in [1.165, 1.54) is 0 Å². The standard InChI is InChI=1S/C4H10O2S.C3H4O2/c5-1-3-7-4-2-6;1-2-3(4)5/h5-6H,1-4H2;2H,1H2,(H,4,5). The molecule has 72 valence electrons. The molecule has 0 spiro atoms. The predicted molar refractivity (Wildman–Crippen MR) is 49.3 cm³/mol. The number of carboxylic acids is 1. The van der Waals surface area contributed by atoms with Crippen LogP contribution in [0.15, 0.2) is 12.7 Å². The van der Waals surface area contributed by atoms with Crippen molar-refractivity contribution in [2.45, 2.75) is 0 Å². The number of aliphatic hydroxyl groups is 2. The molecule has 0 aromatic rings. The Hall–Kier alpha value is -0.520. The predicted octanol–water partition coefficient (Wildman–Crippen LogP) is -0.0388. The minimum atomic E-state index is -0.981. The van der Waals surface area contributed by atoms with Gasteiger partial charge in [0.25, 0.3) is 0 Å². The lowest BCUT2D eigenvalue weighted by molar-refractivity contribution is -0.131. The molecule has 0 radical (unpaired) electrons. The Bertz CT molecular complexity index is 112. The highest BCUT2D eigenvalue weighted by Gasteiger charge is 1.81. The highest BCUT2D eigenvalue weighted by molar-refractivity contribution is 7.99. The maximum atomic E-state index is 9.25. The molecule has 0 aliphatic heterocycles. The number of carboxylic acid groups (broad SMARTS) is 1. The van der Waals surface area contributed by atoms with E-state index >= 15 is 0 Å². The molecule has 0 unspecified atom stereocenters. The summed E-state index contributed by atoms with van der Waals surface area (Å²) in [5.74, 6) is 0.492. The van der Waals surface area contributed by atoms with Gasteiger partial charge in [0.05, 0.1) is 13.2 Å². The van der Waals surface area contributed by atoms with Crippen LogP contribution in [-0.2, 0) is 4.79 Å². The van der Waals surface area contributed by atoms with Crippen LogP contribution in [0.2, 0.25) is 0 Å². The first kappa shape index (κ1) is 14.0. The van der Waals surface area contributed by atoms with Crippen LogP contribution in [0, 0.1) is 0 Å². The molecule has 3 N–H and O–H groups in total. The summed E-state index contributed by atoms with van der Waals surface area (Å²) >= 11 is 1.55. The van der Waals surface area contributed by atoms with Crippen LogP contribution in [0.25, 0.3) is 0 Å². The first-order valence-corrected chi connectivity index (χ1v) is 4.49. The van der Waals surface area contributed by atoms with E-state index in [0.717, 1.165) is 17.6 Å². The normalized spacial score (nSPS) is 8.17. The van der Waals surface area contributed by atoms with Crippen molar-refractivity contribution in [3.05, 3.63) is 12.7 Å². The Morgan fingerprint density at radius 1 is 1.33 bits per heavy atom. The summed E-state index contributed by atoms with van der Waals surface area (Å²) in [7, 11) is 0. The summed E-state index contributed by atoms with van der Waals surface area (Å²) in [6.45, 7) is 3.39. The van der Waals surface area contributed by atoms with Crippen LogP contribution in [0.5, 0.6) is 0 Å². The van der Waals surface area contributed by atoms with Crippen molar-refractivity contribution in [2.75, 3.05) is 24.7 Å². The van der Waals surface area contributed by atoms with E-state index in [1.54, 1.807) is 11.8 Å². The maximum Gasteiger partial charge on any atom is 0.327 e. The first-order valence-electron chi connectivity index (χ1n) is 3.33. The van der Waals surface area contributed by atoms with Gasteiger partial charge in [0.15, 0.2) is 0 Å². The molecule has 0 heterocycles. The van der Waals surface area contributed by atoms with E-state index in [4.69, 9.17) is 15.3 Å². The van der Waals surface area contributed by atoms with Gasteiger partial charge in [0, 0.05) is 17.6 Å². The number of thioether (sulfide) groups is 1. The molecule has 0 rings (SSSR count). The number of rotatable bonds is 5. The van der Waals surface area contributed by atoms with Crippen LogP contribution in [0.3, 0.4) is 0 Å². The summed E-state index contributed by atoms with van der Waals surface area (Å²) < 4.78 is 0. The monoisotopic (exact) mass is 194 g/mol. The molecule has 5 heteroatoms. The third-order valence-electron chi connectivity index (χ3n) is 0.646. The van der Waals surface area contributed by atoms with Crippen molar-refractivity contribution < 1.29 is 20.1 Å². The fraction of sp³-hybridized carbons (Fsp3) is 0.571. The molecule has 0 saturated carbocycles. The van der Waals surface area contributed by atoms with Crippen LogP contribution in [0.1, 0.15) is 0 Å². The van der Waals surface area contributed by atoms with Crippen LogP contribution in [-0.4, -0.2) is 46.0 Å². The van der Waals surface area contributed by atoms with E-state index < -0.39 is 5.97 Å². The Kier molecular flexibility index (Phi) is 15.3. The molecule has 12 heavy (non-hydrogen) atoms. The molecular formula is C7H14O4S. The second-order valence-corrected chi connectivity index (χ2v) is 2.83. The number of hydrogen-bond acceptors (Lipinski definition) is 4. The zero-order chi connectivity index (χ0) is 9.82. The van der Waals surface area contributed by atoms with E-state index in [0.29, 0.717) is 0 Å². The largest absolute Gasteiger partial charge is 0.478 e. The highest BCUT2D eigenvalue weighted by atomic mass is 32.2. The number of aliphatic carboxylic acids is 1. The first-order chi connectivity index (χ1) is 5.68. The van der Waals surface area contributed by atoms with Crippen molar-refractivity contribution in [3.63, 3.8) is 0 Å². The Balaban J connectivity index is 0. The van der Waals surface area contributed by atoms with Gasteiger partial charge in [-0.3, -0.25) is 0 Å². The molecule has 0 aliphatic rings. The molecule has 0 aliphatic carbocycles. The maximum absolute atomic E-state index is 9.25. The molecule has 4 nitrogen and oxygen atoms in total. The lowest BCUT2D eigenvalue weighted by atomic mass is 10.7. The van der Waals surface area contributed by atoms with E-state index in [9.17, 15) is 4.79 Å². The summed E-state index contributed by atoms with van der Waals surface area (Å²) in [4.78, 5) is 9.25. The van der Waals surface area contributed by atoms with Gasteiger partial charge in [-0.05, 0) is 0 Å². The zero-order valence-corrected chi connectivity index (χ0v) is 7.59. The molecule has 0 saturated heterocycles. The Morgan fingerprint density at radius 2 is 1.67 bits per heavy atom. The second kappa shape index (κ2) is 13.1. The van der Waals surface area contributed by atoms with Crippen LogP contribution >= 0.6 is 11.8 Å². The average Bonchev–Trinajstić information content (AvgIpc) is 2.07.